The van der Waals surface area contributed by atoms with E-state index in [2.05, 4.69) is 14.9 Å². The summed E-state index contributed by atoms with van der Waals surface area (Å²) in [5, 5.41) is 0. The number of hydrogen-bond acceptors (Lipinski definition) is 3. The Bertz CT molecular complexity index is 671. The van der Waals surface area contributed by atoms with Gasteiger partial charge in [-0.2, -0.15) is 0 Å². The molecule has 1 aliphatic carbocycles. The minimum Gasteiger partial charge on any atom is -0.335 e. The number of carbonyl (C=O) groups excluding carboxylic acids is 1. The summed E-state index contributed by atoms with van der Waals surface area (Å²) in [6.45, 7) is 0.911. The molecule has 2 fully saturated rings. The summed E-state index contributed by atoms with van der Waals surface area (Å²) in [5.74, 6) is 0.835. The highest BCUT2D eigenvalue weighted by atomic mass is 16.2. The number of piperidine rings is 1. The van der Waals surface area contributed by atoms with Crippen LogP contribution in [0.4, 0.5) is 0 Å². The number of carbonyl (C=O) groups is 1. The molecule has 2 aromatic heterocycles. The average molecular weight is 279 g/mol. The van der Waals surface area contributed by atoms with Gasteiger partial charge in [-0.3, -0.25) is 14.8 Å². The molecule has 0 unspecified atom stereocenters. The molecule has 4 nitrogen and oxygen atoms in total. The van der Waals surface area contributed by atoms with Gasteiger partial charge in [0.05, 0.1) is 11.3 Å². The van der Waals surface area contributed by atoms with Gasteiger partial charge >= 0.3 is 0 Å². The normalized spacial score (nSPS) is 23.5. The predicted octanol–water partition coefficient (Wildman–Crippen LogP) is 2.77. The second kappa shape index (κ2) is 4.95. The number of aromatic nitrogens is 2. The van der Waals surface area contributed by atoms with Crippen LogP contribution in [0.2, 0.25) is 0 Å². The smallest absolute Gasteiger partial charge is 0.256 e. The summed E-state index contributed by atoms with van der Waals surface area (Å²) in [6.07, 6.45) is 8.81. The number of nitrogens with zero attached hydrogens (tertiary/aromatic N) is 3. The van der Waals surface area contributed by atoms with Crippen molar-refractivity contribution in [3.05, 3.63) is 48.4 Å². The van der Waals surface area contributed by atoms with Crippen molar-refractivity contribution < 1.29 is 4.79 Å². The molecule has 2 aromatic rings. The lowest BCUT2D eigenvalue weighted by Gasteiger charge is -2.27. The molecular weight excluding hydrogens is 262 g/mol. The first-order valence-corrected chi connectivity index (χ1v) is 7.49. The largest absolute Gasteiger partial charge is 0.335 e. The number of pyridine rings is 2. The molecule has 4 rings (SSSR count). The predicted molar refractivity (Wildman–Crippen MR) is 79.6 cm³/mol. The minimum atomic E-state index is 0.127. The van der Waals surface area contributed by atoms with E-state index in [-0.39, 0.29) is 5.91 Å². The monoisotopic (exact) mass is 279 g/mol. The Morgan fingerprint density at radius 3 is 2.71 bits per heavy atom. The van der Waals surface area contributed by atoms with Crippen molar-refractivity contribution in [2.24, 2.45) is 5.92 Å². The molecule has 2 bridgehead atoms. The Morgan fingerprint density at radius 2 is 2.00 bits per heavy atom. The SMILES string of the molecule is O=C(c1cccnc1-c1ccncc1)N1C[C@H]2CC[C@@H]1C2. The zero-order chi connectivity index (χ0) is 14.2. The molecule has 2 aliphatic rings. The van der Waals surface area contributed by atoms with Crippen LogP contribution in [-0.4, -0.2) is 33.4 Å². The third-order valence-corrected chi connectivity index (χ3v) is 4.66. The lowest BCUT2D eigenvalue weighted by molar-refractivity contribution is 0.0704. The molecule has 0 N–H and O–H groups in total. The molecule has 0 radical (unpaired) electrons. The Hall–Kier alpha value is -2.23. The fraction of sp³-hybridized carbons (Fsp3) is 0.353. The van der Waals surface area contributed by atoms with Crippen LogP contribution in [0.25, 0.3) is 11.3 Å². The van der Waals surface area contributed by atoms with Crippen molar-refractivity contribution in [3.8, 4) is 11.3 Å². The second-order valence-electron chi connectivity index (χ2n) is 5.93. The number of fused-ring (bicyclic) bond motifs is 2. The van der Waals surface area contributed by atoms with E-state index in [4.69, 9.17) is 0 Å². The van der Waals surface area contributed by atoms with E-state index in [9.17, 15) is 4.79 Å². The number of likely N-dealkylation sites (tertiary alicyclic amines) is 1. The second-order valence-corrected chi connectivity index (χ2v) is 5.93. The van der Waals surface area contributed by atoms with E-state index in [0.29, 0.717) is 17.5 Å². The topological polar surface area (TPSA) is 46.1 Å². The van der Waals surface area contributed by atoms with Crippen molar-refractivity contribution in [1.29, 1.82) is 0 Å². The first-order valence-electron chi connectivity index (χ1n) is 7.49. The van der Waals surface area contributed by atoms with Crippen LogP contribution >= 0.6 is 0 Å². The summed E-state index contributed by atoms with van der Waals surface area (Å²) in [6, 6.07) is 7.96. The summed E-state index contributed by atoms with van der Waals surface area (Å²) < 4.78 is 0. The fourth-order valence-electron chi connectivity index (χ4n) is 3.65. The Kier molecular flexibility index (Phi) is 2.95. The maximum absolute atomic E-state index is 12.9. The highest BCUT2D eigenvalue weighted by Gasteiger charge is 2.40. The van der Waals surface area contributed by atoms with E-state index >= 15 is 0 Å². The van der Waals surface area contributed by atoms with E-state index in [1.807, 2.05) is 24.3 Å². The van der Waals surface area contributed by atoms with E-state index in [0.717, 1.165) is 24.2 Å². The Balaban J connectivity index is 1.71. The molecule has 1 amide bonds. The molecule has 1 aliphatic heterocycles. The van der Waals surface area contributed by atoms with E-state index in [1.165, 1.54) is 12.8 Å². The van der Waals surface area contributed by atoms with Gasteiger partial charge in [-0.1, -0.05) is 0 Å². The molecule has 4 heteroatoms. The molecule has 2 atom stereocenters. The van der Waals surface area contributed by atoms with Gasteiger partial charge in [0, 0.05) is 36.7 Å². The van der Waals surface area contributed by atoms with E-state index in [1.54, 1.807) is 18.6 Å². The van der Waals surface area contributed by atoms with Crippen molar-refractivity contribution in [2.75, 3.05) is 6.54 Å². The minimum absolute atomic E-state index is 0.127. The number of rotatable bonds is 2. The van der Waals surface area contributed by atoms with Gasteiger partial charge in [0.2, 0.25) is 0 Å². The highest BCUT2D eigenvalue weighted by molar-refractivity contribution is 6.00. The van der Waals surface area contributed by atoms with Gasteiger partial charge in [0.1, 0.15) is 0 Å². The zero-order valence-electron chi connectivity index (χ0n) is 11.8. The van der Waals surface area contributed by atoms with Gasteiger partial charge in [-0.25, -0.2) is 0 Å². The van der Waals surface area contributed by atoms with E-state index < -0.39 is 0 Å². The third-order valence-electron chi connectivity index (χ3n) is 4.66. The molecule has 0 aromatic carbocycles. The van der Waals surface area contributed by atoms with Crippen LogP contribution in [0.5, 0.6) is 0 Å². The van der Waals surface area contributed by atoms with Crippen molar-refractivity contribution >= 4 is 5.91 Å². The van der Waals surface area contributed by atoms with Crippen molar-refractivity contribution in [2.45, 2.75) is 25.3 Å². The molecule has 106 valence electrons. The summed E-state index contributed by atoms with van der Waals surface area (Å²) >= 11 is 0. The van der Waals surface area contributed by atoms with Crippen molar-refractivity contribution in [1.82, 2.24) is 14.9 Å². The molecule has 1 saturated heterocycles. The number of amides is 1. The Morgan fingerprint density at radius 1 is 1.14 bits per heavy atom. The summed E-state index contributed by atoms with van der Waals surface area (Å²) in [7, 11) is 0. The maximum atomic E-state index is 12.9. The molecule has 3 heterocycles. The first-order chi connectivity index (χ1) is 10.3. The number of hydrogen-bond donors (Lipinski definition) is 0. The van der Waals surface area contributed by atoms with Crippen LogP contribution in [0, 0.1) is 5.92 Å². The molecule has 21 heavy (non-hydrogen) atoms. The van der Waals surface area contributed by atoms with Crippen molar-refractivity contribution in [3.63, 3.8) is 0 Å². The van der Waals surface area contributed by atoms with Crippen LogP contribution < -0.4 is 0 Å². The highest BCUT2D eigenvalue weighted by Crippen LogP contribution is 2.38. The maximum Gasteiger partial charge on any atom is 0.256 e. The lowest BCUT2D eigenvalue weighted by Crippen LogP contribution is -2.37. The van der Waals surface area contributed by atoms with Gasteiger partial charge in [-0.05, 0) is 49.4 Å². The van der Waals surface area contributed by atoms with Gasteiger partial charge < -0.3 is 4.90 Å². The standard InChI is InChI=1S/C17H17N3O/c21-17(20-11-12-3-4-14(20)10-12)15-2-1-7-19-16(15)13-5-8-18-9-6-13/h1-2,5-9,12,14H,3-4,10-11H2/t12-,14+/m0/s1. The van der Waals surface area contributed by atoms with Crippen LogP contribution in [0.3, 0.4) is 0 Å². The zero-order valence-corrected chi connectivity index (χ0v) is 11.8. The van der Waals surface area contributed by atoms with Crippen LogP contribution in [0.15, 0.2) is 42.9 Å². The summed E-state index contributed by atoms with van der Waals surface area (Å²) in [5.41, 5.74) is 2.40. The van der Waals surface area contributed by atoms with Crippen LogP contribution in [-0.2, 0) is 0 Å². The first kappa shape index (κ1) is 12.5. The van der Waals surface area contributed by atoms with Gasteiger partial charge in [0.15, 0.2) is 0 Å². The molecule has 1 saturated carbocycles. The summed E-state index contributed by atoms with van der Waals surface area (Å²) in [4.78, 5) is 23.4. The average Bonchev–Trinajstić information content (AvgIpc) is 3.18. The molecule has 0 spiro atoms. The van der Waals surface area contributed by atoms with Gasteiger partial charge in [0.25, 0.3) is 5.91 Å². The van der Waals surface area contributed by atoms with Crippen LogP contribution in [0.1, 0.15) is 29.6 Å². The Labute approximate surface area is 123 Å². The van der Waals surface area contributed by atoms with Gasteiger partial charge in [-0.15, -0.1) is 0 Å². The lowest BCUT2D eigenvalue weighted by atomic mass is 10.0. The molecular formula is C17H17N3O. The fourth-order valence-corrected chi connectivity index (χ4v) is 3.65. The quantitative estimate of drug-likeness (QED) is 0.849. The third kappa shape index (κ3) is 2.11.